The average Bonchev–Trinajstić information content (AvgIpc) is 2.77. The Hall–Kier alpha value is -2.70. The van der Waals surface area contributed by atoms with Crippen LogP contribution in [0.2, 0.25) is 0 Å². The number of hydrogen-bond donors (Lipinski definition) is 2. The molecule has 0 aromatic heterocycles. The van der Waals surface area contributed by atoms with E-state index in [1.165, 1.54) is 16.9 Å². The van der Waals surface area contributed by atoms with E-state index < -0.39 is 30.0 Å². The fourth-order valence-corrected chi connectivity index (χ4v) is 5.14. The summed E-state index contributed by atoms with van der Waals surface area (Å²) < 4.78 is 66.0. The molecule has 2 aromatic rings. The van der Waals surface area contributed by atoms with E-state index in [1.807, 2.05) is 32.0 Å². The number of nitrogens with zero attached hydrogens (tertiary/aromatic N) is 2. The lowest BCUT2D eigenvalue weighted by Crippen LogP contribution is -2.05. The van der Waals surface area contributed by atoms with Crippen molar-refractivity contribution in [1.82, 2.24) is 4.98 Å². The van der Waals surface area contributed by atoms with Crippen molar-refractivity contribution >= 4 is 47.5 Å². The van der Waals surface area contributed by atoms with Crippen LogP contribution >= 0.6 is 11.3 Å². The van der Waals surface area contributed by atoms with Gasteiger partial charge in [0.2, 0.25) is 0 Å². The van der Waals surface area contributed by atoms with Gasteiger partial charge in [-0.2, -0.15) is 16.8 Å². The molecule has 1 aliphatic heterocycles. The molecule has 2 aliphatic rings. The Kier molecular flexibility index (Phi) is 7.29. The second-order valence-electron chi connectivity index (χ2n) is 6.71. The van der Waals surface area contributed by atoms with Crippen LogP contribution in [0.5, 0.6) is 0 Å². The summed E-state index contributed by atoms with van der Waals surface area (Å²) in [7, 11) is -9.26. The number of aromatic nitrogens is 1. The highest BCUT2D eigenvalue weighted by Gasteiger charge is 2.19. The van der Waals surface area contributed by atoms with Crippen LogP contribution in [0.15, 0.2) is 69.4 Å². The quantitative estimate of drug-likeness (QED) is 0.302. The third-order valence-corrected chi connectivity index (χ3v) is 7.45. The standard InChI is InChI=1S/C20H16N2O6S3.C2H6/c1-2-12-3-7-18-16(9-12)22-15-6-4-13(10-19(15)29-18)21-17-11-14(30(23,24)25)5-8-20(17)31(26,27)28;1-2/h3-11H,2H2,1H3,(H,23,24,25)(H,26,27,28);1-2H3. The van der Waals surface area contributed by atoms with E-state index in [1.54, 1.807) is 18.2 Å². The zero-order valence-electron chi connectivity index (χ0n) is 18.0. The molecule has 0 saturated heterocycles. The van der Waals surface area contributed by atoms with Gasteiger partial charge in [-0.1, -0.05) is 26.8 Å². The Morgan fingerprint density at radius 2 is 1.64 bits per heavy atom. The van der Waals surface area contributed by atoms with Crippen LogP contribution in [-0.4, -0.2) is 30.9 Å². The topological polar surface area (TPSA) is 134 Å². The molecule has 1 heterocycles. The molecule has 0 fully saturated rings. The van der Waals surface area contributed by atoms with Gasteiger partial charge in [0.15, 0.2) is 0 Å². The van der Waals surface area contributed by atoms with Crippen LogP contribution in [0.25, 0.3) is 20.8 Å². The van der Waals surface area contributed by atoms with Gasteiger partial charge in [0.1, 0.15) is 4.90 Å². The average molecular weight is 507 g/mol. The molecule has 11 heteroatoms. The van der Waals surface area contributed by atoms with Crippen molar-refractivity contribution in [1.29, 1.82) is 0 Å². The van der Waals surface area contributed by atoms with Crippen molar-refractivity contribution in [2.45, 2.75) is 37.0 Å². The SMILES string of the molecule is CC.CCc1ccc2sc3cc(=Nc4cc(S(=O)(=O)O)ccc4S(=O)(=O)O)ccc-3nc2c1. The molecule has 0 saturated carbocycles. The molecule has 2 N–H and O–H groups in total. The largest absolute Gasteiger partial charge is 0.296 e. The van der Waals surface area contributed by atoms with Crippen LogP contribution < -0.4 is 5.36 Å². The summed E-state index contributed by atoms with van der Waals surface area (Å²) in [4.78, 5) is 8.53. The van der Waals surface area contributed by atoms with Gasteiger partial charge in [0.05, 0.1) is 36.7 Å². The Balaban J connectivity index is 0.00000149. The lowest BCUT2D eigenvalue weighted by Gasteiger charge is -2.08. The molecule has 8 nitrogen and oxygen atoms in total. The van der Waals surface area contributed by atoms with E-state index in [0.29, 0.717) is 5.36 Å². The van der Waals surface area contributed by atoms with E-state index in [2.05, 4.69) is 16.9 Å². The summed E-state index contributed by atoms with van der Waals surface area (Å²) in [5.74, 6) is 0. The molecule has 0 unspecified atom stereocenters. The molecule has 2 aromatic carbocycles. The van der Waals surface area contributed by atoms with Gasteiger partial charge in [0, 0.05) is 0 Å². The number of benzene rings is 3. The monoisotopic (exact) mass is 506 g/mol. The van der Waals surface area contributed by atoms with Crippen molar-refractivity contribution in [3.63, 3.8) is 0 Å². The van der Waals surface area contributed by atoms with Crippen LogP contribution in [-0.2, 0) is 26.7 Å². The molecule has 0 amide bonds. The third kappa shape index (κ3) is 5.63. The molecular formula is C22H22N2O6S3. The number of hydrogen-bond acceptors (Lipinski definition) is 7. The Labute approximate surface area is 196 Å². The third-order valence-electron chi connectivity index (χ3n) is 4.59. The lowest BCUT2D eigenvalue weighted by atomic mass is 10.1. The molecule has 0 radical (unpaired) electrons. The summed E-state index contributed by atoms with van der Waals surface area (Å²) in [6.07, 6.45) is 0.900. The van der Waals surface area contributed by atoms with Crippen LogP contribution in [0, 0.1) is 0 Å². The lowest BCUT2D eigenvalue weighted by molar-refractivity contribution is 0.478. The van der Waals surface area contributed by atoms with E-state index in [0.717, 1.165) is 45.4 Å². The summed E-state index contributed by atoms with van der Waals surface area (Å²) in [5, 5.41) is 0.326. The molecule has 0 spiro atoms. The highest BCUT2D eigenvalue weighted by Crippen LogP contribution is 2.31. The predicted molar refractivity (Wildman–Crippen MR) is 128 cm³/mol. The van der Waals surface area contributed by atoms with Gasteiger partial charge in [-0.25, -0.2) is 9.98 Å². The fraction of sp³-hybridized carbons (Fsp3) is 0.182. The van der Waals surface area contributed by atoms with E-state index in [9.17, 15) is 25.9 Å². The maximum absolute atomic E-state index is 11.7. The maximum Gasteiger partial charge on any atom is 0.296 e. The smallest absolute Gasteiger partial charge is 0.282 e. The predicted octanol–water partition coefficient (Wildman–Crippen LogP) is 4.72. The first-order chi connectivity index (χ1) is 15.5. The van der Waals surface area contributed by atoms with E-state index in [-0.39, 0.29) is 5.69 Å². The summed E-state index contributed by atoms with van der Waals surface area (Å²) >= 11 is 1.49. The highest BCUT2D eigenvalue weighted by atomic mass is 32.2. The van der Waals surface area contributed by atoms with Gasteiger partial charge in [-0.3, -0.25) is 9.11 Å². The van der Waals surface area contributed by atoms with Crippen molar-refractivity contribution < 1.29 is 25.9 Å². The Morgan fingerprint density at radius 3 is 2.27 bits per heavy atom. The highest BCUT2D eigenvalue weighted by molar-refractivity contribution is 7.86. The second-order valence-corrected chi connectivity index (χ2v) is 10.6. The van der Waals surface area contributed by atoms with Crippen molar-refractivity contribution in [2.24, 2.45) is 4.99 Å². The van der Waals surface area contributed by atoms with Gasteiger partial charge < -0.3 is 0 Å². The molecular weight excluding hydrogens is 484 g/mol. The summed E-state index contributed by atoms with van der Waals surface area (Å²) in [5.41, 5.74) is 2.46. The first-order valence-electron chi connectivity index (χ1n) is 10.0. The number of aryl methyl sites for hydroxylation is 1. The van der Waals surface area contributed by atoms with Crippen molar-refractivity contribution in [2.75, 3.05) is 0 Å². The zero-order valence-corrected chi connectivity index (χ0v) is 20.5. The summed E-state index contributed by atoms with van der Waals surface area (Å²) in [6, 6.07) is 13.7. The van der Waals surface area contributed by atoms with Crippen molar-refractivity contribution in [3.8, 4) is 10.6 Å². The number of fused-ring (bicyclic) bond motifs is 2. The van der Waals surface area contributed by atoms with Gasteiger partial charge >= 0.3 is 0 Å². The normalized spacial score (nSPS) is 12.6. The van der Waals surface area contributed by atoms with Crippen LogP contribution in [0.1, 0.15) is 26.3 Å². The molecule has 174 valence electrons. The first kappa shape index (κ1) is 24.9. The summed E-state index contributed by atoms with van der Waals surface area (Å²) in [6.45, 7) is 6.07. The minimum absolute atomic E-state index is 0.316. The van der Waals surface area contributed by atoms with Gasteiger partial charge in [-0.15, -0.1) is 11.3 Å². The molecule has 0 atom stereocenters. The van der Waals surface area contributed by atoms with Gasteiger partial charge in [0.25, 0.3) is 20.2 Å². The molecule has 4 rings (SSSR count). The molecule has 33 heavy (non-hydrogen) atoms. The Bertz CT molecular complexity index is 1580. The second kappa shape index (κ2) is 9.65. The minimum Gasteiger partial charge on any atom is -0.282 e. The maximum atomic E-state index is 11.7. The molecule has 1 aliphatic carbocycles. The number of rotatable bonds is 4. The Morgan fingerprint density at radius 1 is 0.909 bits per heavy atom. The van der Waals surface area contributed by atoms with Crippen molar-refractivity contribution in [3.05, 3.63) is 65.5 Å². The molecule has 0 bridgehead atoms. The van der Waals surface area contributed by atoms with E-state index in [4.69, 9.17) is 0 Å². The van der Waals surface area contributed by atoms with Crippen LogP contribution in [0.3, 0.4) is 0 Å². The van der Waals surface area contributed by atoms with E-state index >= 15 is 0 Å². The first-order valence-corrected chi connectivity index (χ1v) is 13.7. The van der Waals surface area contributed by atoms with Gasteiger partial charge in [-0.05, 0) is 60.5 Å². The fourth-order valence-electron chi connectivity index (χ4n) is 3.05. The zero-order chi connectivity index (χ0) is 24.4. The van der Waals surface area contributed by atoms with Crippen LogP contribution in [0.4, 0.5) is 5.69 Å². The minimum atomic E-state index is -4.67.